The van der Waals surface area contributed by atoms with Crippen molar-refractivity contribution in [3.05, 3.63) is 69.7 Å². The van der Waals surface area contributed by atoms with E-state index in [1.165, 1.54) is 0 Å². The van der Waals surface area contributed by atoms with E-state index in [-0.39, 0.29) is 5.78 Å². The standard InChI is InChI=1S/C16H16BrNO/c17-15-7-5-12(6-8-15)9-16(19)10-13-3-1-2-4-14(13)11-18/h1-8H,9-11,18H2. The Bertz CT molecular complexity index is 563. The third-order valence-corrected chi connectivity index (χ3v) is 3.57. The maximum absolute atomic E-state index is 12.1. The number of carbonyl (C=O) groups is 1. The van der Waals surface area contributed by atoms with Crippen LogP contribution < -0.4 is 5.73 Å². The molecule has 2 nitrogen and oxygen atoms in total. The van der Waals surface area contributed by atoms with E-state index in [1.807, 2.05) is 48.5 Å². The quantitative estimate of drug-likeness (QED) is 0.919. The minimum atomic E-state index is 0.211. The monoisotopic (exact) mass is 317 g/mol. The highest BCUT2D eigenvalue weighted by molar-refractivity contribution is 9.10. The molecule has 3 heteroatoms. The second-order valence-electron chi connectivity index (χ2n) is 4.49. The average molecular weight is 318 g/mol. The lowest BCUT2D eigenvalue weighted by atomic mass is 9.99. The van der Waals surface area contributed by atoms with Gasteiger partial charge in [-0.1, -0.05) is 52.3 Å². The summed E-state index contributed by atoms with van der Waals surface area (Å²) in [6.45, 7) is 0.474. The van der Waals surface area contributed by atoms with Crippen molar-refractivity contribution in [3.8, 4) is 0 Å². The molecule has 0 fully saturated rings. The number of hydrogen-bond donors (Lipinski definition) is 1. The lowest BCUT2D eigenvalue weighted by Crippen LogP contribution is -2.10. The van der Waals surface area contributed by atoms with Gasteiger partial charge in [-0.3, -0.25) is 4.79 Å². The first-order chi connectivity index (χ1) is 9.19. The molecule has 19 heavy (non-hydrogen) atoms. The van der Waals surface area contributed by atoms with E-state index < -0.39 is 0 Å². The topological polar surface area (TPSA) is 43.1 Å². The SMILES string of the molecule is NCc1ccccc1CC(=O)Cc1ccc(Br)cc1. The fraction of sp³-hybridized carbons (Fsp3) is 0.188. The molecule has 0 bridgehead atoms. The van der Waals surface area contributed by atoms with Crippen molar-refractivity contribution in [3.63, 3.8) is 0 Å². The van der Waals surface area contributed by atoms with Crippen molar-refractivity contribution in [2.45, 2.75) is 19.4 Å². The van der Waals surface area contributed by atoms with E-state index in [0.29, 0.717) is 19.4 Å². The lowest BCUT2D eigenvalue weighted by Gasteiger charge is -2.07. The van der Waals surface area contributed by atoms with E-state index in [9.17, 15) is 4.79 Å². The van der Waals surface area contributed by atoms with Crippen LogP contribution in [0.3, 0.4) is 0 Å². The first kappa shape index (κ1) is 14.0. The molecule has 0 radical (unpaired) electrons. The molecule has 2 N–H and O–H groups in total. The molecule has 98 valence electrons. The van der Waals surface area contributed by atoms with Crippen molar-refractivity contribution < 1.29 is 4.79 Å². The fourth-order valence-electron chi connectivity index (χ4n) is 2.03. The molecule has 0 amide bonds. The van der Waals surface area contributed by atoms with Gasteiger partial charge in [0.05, 0.1) is 0 Å². The highest BCUT2D eigenvalue weighted by atomic mass is 79.9. The second kappa shape index (κ2) is 6.64. The number of carbonyl (C=O) groups excluding carboxylic acids is 1. The number of Topliss-reactive ketones (excluding diaryl/α,β-unsaturated/α-hetero) is 1. The van der Waals surface area contributed by atoms with Gasteiger partial charge in [0.15, 0.2) is 0 Å². The first-order valence-electron chi connectivity index (χ1n) is 6.22. The number of benzene rings is 2. The van der Waals surface area contributed by atoms with Crippen molar-refractivity contribution in [1.29, 1.82) is 0 Å². The van der Waals surface area contributed by atoms with Gasteiger partial charge in [0.2, 0.25) is 0 Å². The summed E-state index contributed by atoms with van der Waals surface area (Å²) in [5, 5.41) is 0. The van der Waals surface area contributed by atoms with Crippen LogP contribution in [0.25, 0.3) is 0 Å². The van der Waals surface area contributed by atoms with Crippen LogP contribution >= 0.6 is 15.9 Å². The summed E-state index contributed by atoms with van der Waals surface area (Å²) in [5.41, 5.74) is 8.80. The molecule has 0 aliphatic carbocycles. The lowest BCUT2D eigenvalue weighted by molar-refractivity contribution is -0.117. The first-order valence-corrected chi connectivity index (χ1v) is 7.01. The molecule has 0 aromatic heterocycles. The molecule has 0 saturated heterocycles. The maximum Gasteiger partial charge on any atom is 0.141 e. The zero-order valence-electron chi connectivity index (χ0n) is 10.6. The van der Waals surface area contributed by atoms with Crippen LogP contribution in [0, 0.1) is 0 Å². The number of ketones is 1. The Morgan fingerprint density at radius 3 is 2.21 bits per heavy atom. The van der Waals surface area contributed by atoms with Gasteiger partial charge in [-0.2, -0.15) is 0 Å². The minimum absolute atomic E-state index is 0.211. The van der Waals surface area contributed by atoms with E-state index in [1.54, 1.807) is 0 Å². The zero-order chi connectivity index (χ0) is 13.7. The normalized spacial score (nSPS) is 10.4. The van der Waals surface area contributed by atoms with Gasteiger partial charge in [0, 0.05) is 23.9 Å². The van der Waals surface area contributed by atoms with E-state index in [0.717, 1.165) is 21.2 Å². The Labute approximate surface area is 121 Å². The van der Waals surface area contributed by atoms with Gasteiger partial charge >= 0.3 is 0 Å². The van der Waals surface area contributed by atoms with Gasteiger partial charge in [-0.25, -0.2) is 0 Å². The number of hydrogen-bond acceptors (Lipinski definition) is 2. The summed E-state index contributed by atoms with van der Waals surface area (Å²) in [7, 11) is 0. The molecule has 0 saturated carbocycles. The van der Waals surface area contributed by atoms with Crippen molar-refractivity contribution in [2.75, 3.05) is 0 Å². The van der Waals surface area contributed by atoms with Crippen LogP contribution in [-0.2, 0) is 24.2 Å². The Hall–Kier alpha value is -1.45. The average Bonchev–Trinajstić information content (AvgIpc) is 2.42. The van der Waals surface area contributed by atoms with E-state index in [2.05, 4.69) is 15.9 Å². The second-order valence-corrected chi connectivity index (χ2v) is 5.41. The van der Waals surface area contributed by atoms with Gasteiger partial charge in [0.25, 0.3) is 0 Å². The van der Waals surface area contributed by atoms with Crippen LogP contribution in [0.5, 0.6) is 0 Å². The van der Waals surface area contributed by atoms with Crippen LogP contribution in [0.2, 0.25) is 0 Å². The third-order valence-electron chi connectivity index (χ3n) is 3.04. The molecule has 0 atom stereocenters. The van der Waals surface area contributed by atoms with Crippen molar-refractivity contribution in [2.24, 2.45) is 5.73 Å². The summed E-state index contributed by atoms with van der Waals surface area (Å²) in [6.07, 6.45) is 0.912. The number of nitrogens with two attached hydrogens (primary N) is 1. The van der Waals surface area contributed by atoms with Crippen LogP contribution in [0.15, 0.2) is 53.0 Å². The summed E-state index contributed by atoms with van der Waals surface area (Å²) in [4.78, 5) is 12.1. The zero-order valence-corrected chi connectivity index (χ0v) is 12.2. The Kier molecular flexibility index (Phi) is 4.88. The minimum Gasteiger partial charge on any atom is -0.326 e. The van der Waals surface area contributed by atoms with E-state index >= 15 is 0 Å². The van der Waals surface area contributed by atoms with Crippen LogP contribution in [0.1, 0.15) is 16.7 Å². The molecule has 2 rings (SSSR count). The van der Waals surface area contributed by atoms with E-state index in [4.69, 9.17) is 5.73 Å². The van der Waals surface area contributed by atoms with Crippen molar-refractivity contribution >= 4 is 21.7 Å². The highest BCUT2D eigenvalue weighted by Gasteiger charge is 2.08. The van der Waals surface area contributed by atoms with Gasteiger partial charge < -0.3 is 5.73 Å². The molecule has 0 spiro atoms. The highest BCUT2D eigenvalue weighted by Crippen LogP contribution is 2.13. The Balaban J connectivity index is 2.03. The predicted octanol–water partition coefficient (Wildman–Crippen LogP) is 3.26. The van der Waals surface area contributed by atoms with Gasteiger partial charge in [-0.15, -0.1) is 0 Å². The largest absolute Gasteiger partial charge is 0.326 e. The molecule has 0 aliphatic rings. The molecule has 0 aliphatic heterocycles. The number of rotatable bonds is 5. The smallest absolute Gasteiger partial charge is 0.141 e. The maximum atomic E-state index is 12.1. The van der Waals surface area contributed by atoms with Gasteiger partial charge in [0.1, 0.15) is 5.78 Å². The molecule has 2 aromatic carbocycles. The summed E-state index contributed by atoms with van der Waals surface area (Å²) in [6, 6.07) is 15.7. The van der Waals surface area contributed by atoms with Crippen LogP contribution in [-0.4, -0.2) is 5.78 Å². The molecular weight excluding hydrogens is 302 g/mol. The summed E-state index contributed by atoms with van der Waals surface area (Å²) >= 11 is 3.39. The summed E-state index contributed by atoms with van der Waals surface area (Å²) < 4.78 is 1.03. The fourth-order valence-corrected chi connectivity index (χ4v) is 2.30. The van der Waals surface area contributed by atoms with Crippen LogP contribution in [0.4, 0.5) is 0 Å². The molecule has 0 unspecified atom stereocenters. The Morgan fingerprint density at radius 1 is 0.947 bits per heavy atom. The third kappa shape index (κ3) is 4.01. The molecule has 2 aromatic rings. The Morgan fingerprint density at radius 2 is 1.58 bits per heavy atom. The predicted molar refractivity (Wildman–Crippen MR) is 80.9 cm³/mol. The number of halogens is 1. The molecule has 0 heterocycles. The summed E-state index contributed by atoms with van der Waals surface area (Å²) in [5.74, 6) is 0.211. The molecular formula is C16H16BrNO. The van der Waals surface area contributed by atoms with Gasteiger partial charge in [-0.05, 0) is 28.8 Å². The van der Waals surface area contributed by atoms with Crippen molar-refractivity contribution in [1.82, 2.24) is 0 Å².